The van der Waals surface area contributed by atoms with Gasteiger partial charge < -0.3 is 10.6 Å². The van der Waals surface area contributed by atoms with Crippen molar-refractivity contribution in [1.82, 2.24) is 10.3 Å². The Kier molecular flexibility index (Phi) is 5.96. The number of carbonyl (C=O) groups excluding carboxylic acids is 2. The lowest BCUT2D eigenvalue weighted by atomic mass is 9.85. The molecular weight excluding hydrogens is 371 g/mol. The zero-order valence-corrected chi connectivity index (χ0v) is 15.0. The van der Waals surface area contributed by atoms with E-state index >= 15 is 0 Å². The van der Waals surface area contributed by atoms with E-state index in [1.807, 2.05) is 0 Å². The zero-order valence-electron chi connectivity index (χ0n) is 15.0. The van der Waals surface area contributed by atoms with E-state index in [1.165, 1.54) is 12.3 Å². The molecule has 8 heteroatoms. The topological polar surface area (TPSA) is 71.1 Å². The summed E-state index contributed by atoms with van der Waals surface area (Å²) in [6.45, 7) is 0. The van der Waals surface area contributed by atoms with Crippen molar-refractivity contribution in [2.75, 3.05) is 5.32 Å². The van der Waals surface area contributed by atoms with Crippen LogP contribution in [0.15, 0.2) is 48.8 Å². The molecule has 1 aromatic heterocycles. The largest absolute Gasteiger partial charge is 0.391 e. The number of alkyl halides is 3. The first-order chi connectivity index (χ1) is 13.3. The van der Waals surface area contributed by atoms with Crippen molar-refractivity contribution in [3.05, 3.63) is 59.9 Å². The van der Waals surface area contributed by atoms with Gasteiger partial charge in [0.15, 0.2) is 0 Å². The Morgan fingerprint density at radius 3 is 2.54 bits per heavy atom. The molecule has 0 aliphatic heterocycles. The fourth-order valence-corrected chi connectivity index (χ4v) is 3.33. The smallest absolute Gasteiger partial charge is 0.349 e. The van der Waals surface area contributed by atoms with Gasteiger partial charge in [0, 0.05) is 29.7 Å². The quantitative estimate of drug-likeness (QED) is 0.821. The van der Waals surface area contributed by atoms with Crippen LogP contribution in [0.1, 0.15) is 46.4 Å². The van der Waals surface area contributed by atoms with Crippen LogP contribution in [0, 0.1) is 5.92 Å². The van der Waals surface area contributed by atoms with Gasteiger partial charge in [-0.3, -0.25) is 14.6 Å². The van der Waals surface area contributed by atoms with Crippen LogP contribution in [0.4, 0.5) is 18.9 Å². The number of aromatic nitrogens is 1. The molecule has 1 aromatic carbocycles. The predicted molar refractivity (Wildman–Crippen MR) is 97.9 cm³/mol. The van der Waals surface area contributed by atoms with Crippen LogP contribution in [0.3, 0.4) is 0 Å². The highest BCUT2D eigenvalue weighted by Gasteiger charge is 2.42. The van der Waals surface area contributed by atoms with Gasteiger partial charge in [0.1, 0.15) is 0 Å². The first-order valence-electron chi connectivity index (χ1n) is 9.02. The fourth-order valence-electron chi connectivity index (χ4n) is 3.33. The summed E-state index contributed by atoms with van der Waals surface area (Å²) >= 11 is 0. The van der Waals surface area contributed by atoms with Gasteiger partial charge in [0.05, 0.1) is 11.5 Å². The van der Waals surface area contributed by atoms with Crippen molar-refractivity contribution in [2.24, 2.45) is 5.92 Å². The zero-order chi connectivity index (χ0) is 20.1. The van der Waals surface area contributed by atoms with Crippen molar-refractivity contribution in [3.63, 3.8) is 0 Å². The predicted octanol–water partition coefficient (Wildman–Crippen LogP) is 4.18. The second-order valence-electron chi connectivity index (χ2n) is 6.85. The molecule has 2 amide bonds. The first-order valence-corrected chi connectivity index (χ1v) is 9.02. The number of anilines is 1. The Labute approximate surface area is 160 Å². The monoisotopic (exact) mass is 391 g/mol. The van der Waals surface area contributed by atoms with Crippen LogP contribution in [0.25, 0.3) is 0 Å². The number of pyridine rings is 1. The number of carbonyl (C=O) groups is 2. The summed E-state index contributed by atoms with van der Waals surface area (Å²) in [5.41, 5.74) is 1.06. The SMILES string of the molecule is O=C(Nc1cccc(C(=O)NC2CCCC(C(F)(F)F)C2)c1)c1cccnc1. The number of halogens is 3. The summed E-state index contributed by atoms with van der Waals surface area (Å²) in [4.78, 5) is 28.5. The number of hydrogen-bond acceptors (Lipinski definition) is 3. The highest BCUT2D eigenvalue weighted by molar-refractivity contribution is 6.04. The van der Waals surface area contributed by atoms with Crippen molar-refractivity contribution < 1.29 is 22.8 Å². The molecule has 1 aliphatic rings. The lowest BCUT2D eigenvalue weighted by Crippen LogP contribution is -2.41. The van der Waals surface area contributed by atoms with Crippen LogP contribution >= 0.6 is 0 Å². The van der Waals surface area contributed by atoms with Gasteiger partial charge in [0.2, 0.25) is 0 Å². The molecule has 1 aliphatic carbocycles. The third kappa shape index (κ3) is 5.09. The molecule has 148 valence electrons. The maximum absolute atomic E-state index is 12.9. The highest BCUT2D eigenvalue weighted by atomic mass is 19.4. The maximum Gasteiger partial charge on any atom is 0.391 e. The molecule has 2 unspecified atom stereocenters. The van der Waals surface area contributed by atoms with E-state index in [9.17, 15) is 22.8 Å². The molecule has 5 nitrogen and oxygen atoms in total. The molecule has 0 saturated heterocycles. The average Bonchev–Trinajstić information content (AvgIpc) is 2.68. The number of benzene rings is 1. The highest BCUT2D eigenvalue weighted by Crippen LogP contribution is 2.37. The molecule has 2 aromatic rings. The Hall–Kier alpha value is -2.90. The number of nitrogens with one attached hydrogen (secondary N) is 2. The van der Waals surface area contributed by atoms with Crippen LogP contribution < -0.4 is 10.6 Å². The summed E-state index contributed by atoms with van der Waals surface area (Å²) in [6.07, 6.45) is -0.313. The number of hydrogen-bond donors (Lipinski definition) is 2. The Morgan fingerprint density at radius 1 is 1.04 bits per heavy atom. The normalized spacial score (nSPS) is 19.7. The van der Waals surface area contributed by atoms with Crippen LogP contribution in [0.2, 0.25) is 0 Å². The molecule has 28 heavy (non-hydrogen) atoms. The van der Waals surface area contributed by atoms with E-state index < -0.39 is 24.0 Å². The maximum atomic E-state index is 12.9. The van der Waals surface area contributed by atoms with Crippen LogP contribution in [-0.2, 0) is 0 Å². The molecule has 1 fully saturated rings. The lowest BCUT2D eigenvalue weighted by molar-refractivity contribution is -0.183. The van der Waals surface area contributed by atoms with Gasteiger partial charge in [-0.15, -0.1) is 0 Å². The van der Waals surface area contributed by atoms with Gasteiger partial charge in [-0.1, -0.05) is 12.5 Å². The third-order valence-corrected chi connectivity index (χ3v) is 4.78. The minimum absolute atomic E-state index is 0.103. The molecule has 2 N–H and O–H groups in total. The molecule has 2 atom stereocenters. The molecule has 1 heterocycles. The molecule has 3 rings (SSSR count). The Bertz CT molecular complexity index is 840. The van der Waals surface area contributed by atoms with Gasteiger partial charge in [-0.25, -0.2) is 0 Å². The summed E-state index contributed by atoms with van der Waals surface area (Å²) in [5, 5.41) is 5.36. The second kappa shape index (κ2) is 8.41. The van der Waals surface area contributed by atoms with E-state index in [0.717, 1.165) is 0 Å². The van der Waals surface area contributed by atoms with E-state index in [1.54, 1.807) is 36.5 Å². The average molecular weight is 391 g/mol. The Morgan fingerprint density at radius 2 is 1.82 bits per heavy atom. The van der Waals surface area contributed by atoms with Crippen LogP contribution in [0.5, 0.6) is 0 Å². The minimum Gasteiger partial charge on any atom is -0.349 e. The summed E-state index contributed by atoms with van der Waals surface area (Å²) in [5.74, 6) is -2.20. The van der Waals surface area contributed by atoms with E-state index in [0.29, 0.717) is 24.1 Å². The van der Waals surface area contributed by atoms with Gasteiger partial charge in [-0.2, -0.15) is 13.2 Å². The van der Waals surface area contributed by atoms with Crippen molar-refractivity contribution in [1.29, 1.82) is 0 Å². The molecule has 0 radical (unpaired) electrons. The van der Waals surface area contributed by atoms with E-state index in [2.05, 4.69) is 15.6 Å². The van der Waals surface area contributed by atoms with E-state index in [4.69, 9.17) is 0 Å². The number of amides is 2. The molecule has 0 spiro atoms. The summed E-state index contributed by atoms with van der Waals surface area (Å²) < 4.78 is 38.8. The summed E-state index contributed by atoms with van der Waals surface area (Å²) in [6, 6.07) is 9.02. The molecule has 0 bridgehead atoms. The van der Waals surface area contributed by atoms with Crippen molar-refractivity contribution >= 4 is 17.5 Å². The third-order valence-electron chi connectivity index (χ3n) is 4.78. The summed E-state index contributed by atoms with van der Waals surface area (Å²) in [7, 11) is 0. The molecular formula is C20H20F3N3O2. The second-order valence-corrected chi connectivity index (χ2v) is 6.85. The van der Waals surface area contributed by atoms with E-state index in [-0.39, 0.29) is 24.3 Å². The fraction of sp³-hybridized carbons (Fsp3) is 0.350. The lowest BCUT2D eigenvalue weighted by Gasteiger charge is -2.31. The first kappa shape index (κ1) is 19.9. The Balaban J connectivity index is 1.63. The van der Waals surface area contributed by atoms with Gasteiger partial charge >= 0.3 is 6.18 Å². The number of nitrogens with zero attached hydrogens (tertiary/aromatic N) is 1. The van der Waals surface area contributed by atoms with Gasteiger partial charge in [-0.05, 0) is 49.6 Å². The molecule has 1 saturated carbocycles. The van der Waals surface area contributed by atoms with Gasteiger partial charge in [0.25, 0.3) is 11.8 Å². The standard InChI is InChI=1S/C20H20F3N3O2/c21-20(22,23)15-6-2-8-17(11-15)26-18(27)13-4-1-7-16(10-13)25-19(28)14-5-3-9-24-12-14/h1,3-5,7,9-10,12,15,17H,2,6,8,11H2,(H,25,28)(H,26,27). The number of rotatable bonds is 4. The van der Waals surface area contributed by atoms with Crippen LogP contribution in [-0.4, -0.2) is 29.0 Å². The minimum atomic E-state index is -4.24. The van der Waals surface area contributed by atoms with Crippen molar-refractivity contribution in [3.8, 4) is 0 Å². The van der Waals surface area contributed by atoms with Crippen molar-refractivity contribution in [2.45, 2.75) is 37.9 Å².